The topological polar surface area (TPSA) is 157 Å². The predicted molar refractivity (Wildman–Crippen MR) is 173 cm³/mol. The molecule has 0 unspecified atom stereocenters. The monoisotopic (exact) mass is 648 g/mol. The van der Waals surface area contributed by atoms with E-state index < -0.39 is 15.9 Å². The van der Waals surface area contributed by atoms with Gasteiger partial charge in [0, 0.05) is 23.9 Å². The highest BCUT2D eigenvalue weighted by Crippen LogP contribution is 2.33. The Bertz CT molecular complexity index is 1830. The number of aromatic nitrogens is 2. The molecule has 2 amide bonds. The number of rotatable bonds is 10. The van der Waals surface area contributed by atoms with Gasteiger partial charge in [-0.25, -0.2) is 18.4 Å². The second-order valence-corrected chi connectivity index (χ2v) is 13.1. The van der Waals surface area contributed by atoms with Gasteiger partial charge in [-0.1, -0.05) is 35.9 Å². The third-order valence-electron chi connectivity index (χ3n) is 7.52. The zero-order valence-electron chi connectivity index (χ0n) is 24.8. The van der Waals surface area contributed by atoms with E-state index in [1.54, 1.807) is 24.3 Å². The average Bonchev–Trinajstić information content (AvgIpc) is 3.00. The standard InChI is InChI=1S/C32H33ClN6O5S/c1-20-22(7-12-30(36-20)44-29-11-9-23(17-27(29)33)38-45(2,42)43)19-39-15-13-21(14-16-39)25-5-3-4-6-26(25)32(41)37-24-8-10-28(31(34)40)35-18-24/h3-12,17-18,21,38H,13-16,19H2,1-2H3,(H2,34,40)(H,37,41). The summed E-state index contributed by atoms with van der Waals surface area (Å²) in [5.74, 6) is 0.128. The molecule has 0 spiro atoms. The van der Waals surface area contributed by atoms with Gasteiger partial charge in [0.1, 0.15) is 11.4 Å². The Morgan fingerprint density at radius 1 is 1.04 bits per heavy atom. The molecule has 45 heavy (non-hydrogen) atoms. The van der Waals surface area contributed by atoms with E-state index in [0.29, 0.717) is 28.6 Å². The van der Waals surface area contributed by atoms with Crippen molar-refractivity contribution in [3.63, 3.8) is 0 Å². The van der Waals surface area contributed by atoms with E-state index in [9.17, 15) is 18.0 Å². The first-order valence-electron chi connectivity index (χ1n) is 14.3. The number of sulfonamides is 1. The van der Waals surface area contributed by atoms with Crippen LogP contribution in [0.2, 0.25) is 5.02 Å². The molecule has 0 radical (unpaired) electrons. The SMILES string of the molecule is Cc1nc(Oc2ccc(NS(C)(=O)=O)cc2Cl)ccc1CN1CCC(c2ccccc2C(=O)Nc2ccc(C(N)=O)nc2)CC1. The van der Waals surface area contributed by atoms with E-state index >= 15 is 0 Å². The molecule has 11 nitrogen and oxygen atoms in total. The lowest BCUT2D eigenvalue weighted by molar-refractivity contribution is 0.0994. The van der Waals surface area contributed by atoms with Gasteiger partial charge in [-0.2, -0.15) is 0 Å². The quantitative estimate of drug-likeness (QED) is 0.208. The van der Waals surface area contributed by atoms with Gasteiger partial charge in [0.15, 0.2) is 0 Å². The molecule has 13 heteroatoms. The fraction of sp³-hybridized carbons (Fsp3) is 0.250. The van der Waals surface area contributed by atoms with Crippen LogP contribution in [0.15, 0.2) is 72.9 Å². The average molecular weight is 649 g/mol. The minimum absolute atomic E-state index is 0.133. The predicted octanol–water partition coefficient (Wildman–Crippen LogP) is 5.33. The first-order valence-corrected chi connectivity index (χ1v) is 16.5. The minimum Gasteiger partial charge on any atom is -0.437 e. The van der Waals surface area contributed by atoms with Crippen LogP contribution in [0.5, 0.6) is 11.6 Å². The number of pyridine rings is 2. The number of hydrogen-bond donors (Lipinski definition) is 3. The molecule has 2 aromatic heterocycles. The molecule has 0 saturated carbocycles. The van der Waals surface area contributed by atoms with Gasteiger partial charge >= 0.3 is 0 Å². The number of nitrogens with zero attached hydrogens (tertiary/aromatic N) is 3. The Kier molecular flexibility index (Phi) is 9.66. The lowest BCUT2D eigenvalue weighted by Gasteiger charge is -2.33. The van der Waals surface area contributed by atoms with Crippen LogP contribution < -0.4 is 20.5 Å². The molecule has 1 saturated heterocycles. The summed E-state index contributed by atoms with van der Waals surface area (Å²) in [5, 5.41) is 3.13. The molecular formula is C32H33ClN6O5S. The van der Waals surface area contributed by atoms with Crippen LogP contribution >= 0.6 is 11.6 Å². The molecule has 4 N–H and O–H groups in total. The summed E-state index contributed by atoms with van der Waals surface area (Å²) in [6.07, 6.45) is 4.28. The second kappa shape index (κ2) is 13.6. The van der Waals surface area contributed by atoms with E-state index in [4.69, 9.17) is 22.1 Å². The van der Waals surface area contributed by atoms with Crippen molar-refractivity contribution in [2.75, 3.05) is 29.4 Å². The number of anilines is 2. The van der Waals surface area contributed by atoms with Crippen LogP contribution in [0.1, 0.15) is 56.4 Å². The highest BCUT2D eigenvalue weighted by atomic mass is 35.5. The first-order chi connectivity index (χ1) is 21.4. The number of piperidine rings is 1. The number of ether oxygens (including phenoxy) is 1. The molecule has 0 aliphatic carbocycles. The number of aryl methyl sites for hydroxylation is 1. The third-order valence-corrected chi connectivity index (χ3v) is 8.42. The van der Waals surface area contributed by atoms with Gasteiger partial charge in [-0.3, -0.25) is 19.2 Å². The van der Waals surface area contributed by atoms with Crippen molar-refractivity contribution >= 4 is 44.8 Å². The number of hydrogen-bond acceptors (Lipinski definition) is 8. The lowest BCUT2D eigenvalue weighted by atomic mass is 9.86. The van der Waals surface area contributed by atoms with Crippen LogP contribution in [-0.2, 0) is 16.6 Å². The molecule has 234 valence electrons. The highest BCUT2D eigenvalue weighted by Gasteiger charge is 2.25. The molecule has 5 rings (SSSR count). The Hall–Kier alpha value is -4.52. The number of nitrogens with one attached hydrogen (secondary N) is 2. The molecule has 0 bridgehead atoms. The summed E-state index contributed by atoms with van der Waals surface area (Å²) in [7, 11) is -3.42. The first kappa shape index (κ1) is 31.9. The van der Waals surface area contributed by atoms with Crippen LogP contribution in [0.25, 0.3) is 0 Å². The Morgan fingerprint density at radius 3 is 2.42 bits per heavy atom. The van der Waals surface area contributed by atoms with Gasteiger partial charge in [0.2, 0.25) is 15.9 Å². The van der Waals surface area contributed by atoms with Crippen LogP contribution in [0.4, 0.5) is 11.4 Å². The lowest BCUT2D eigenvalue weighted by Crippen LogP contribution is -2.33. The number of primary amides is 1. The Morgan fingerprint density at radius 2 is 1.78 bits per heavy atom. The molecule has 1 aliphatic heterocycles. The molecule has 2 aromatic carbocycles. The highest BCUT2D eigenvalue weighted by molar-refractivity contribution is 7.92. The summed E-state index contributed by atoms with van der Waals surface area (Å²) in [6.45, 7) is 4.39. The number of nitrogens with two attached hydrogens (primary N) is 1. The summed E-state index contributed by atoms with van der Waals surface area (Å²) >= 11 is 6.31. The zero-order valence-corrected chi connectivity index (χ0v) is 26.4. The summed E-state index contributed by atoms with van der Waals surface area (Å²) in [4.78, 5) is 35.4. The molecule has 1 aliphatic rings. The van der Waals surface area contributed by atoms with Crippen molar-refractivity contribution in [3.05, 3.63) is 106 Å². The van der Waals surface area contributed by atoms with Crippen molar-refractivity contribution in [3.8, 4) is 11.6 Å². The second-order valence-electron chi connectivity index (χ2n) is 10.9. The number of likely N-dealkylation sites (tertiary alicyclic amines) is 1. The van der Waals surface area contributed by atoms with Crippen LogP contribution in [-0.4, -0.2) is 54.4 Å². The number of carbonyl (C=O) groups is 2. The van der Waals surface area contributed by atoms with Crippen molar-refractivity contribution in [2.45, 2.75) is 32.2 Å². The number of carbonyl (C=O) groups excluding carboxylic acids is 2. The fourth-order valence-corrected chi connectivity index (χ4v) is 6.05. The maximum atomic E-state index is 13.2. The zero-order chi connectivity index (χ0) is 32.1. The smallest absolute Gasteiger partial charge is 0.267 e. The van der Waals surface area contributed by atoms with E-state index in [1.165, 1.54) is 18.3 Å². The van der Waals surface area contributed by atoms with Crippen molar-refractivity contribution in [1.29, 1.82) is 0 Å². The summed E-state index contributed by atoms with van der Waals surface area (Å²) < 4.78 is 31.2. The summed E-state index contributed by atoms with van der Waals surface area (Å²) in [6, 6.07) is 19.2. The van der Waals surface area contributed by atoms with E-state index in [1.807, 2.05) is 37.3 Å². The van der Waals surface area contributed by atoms with Crippen molar-refractivity contribution in [1.82, 2.24) is 14.9 Å². The maximum absolute atomic E-state index is 13.2. The maximum Gasteiger partial charge on any atom is 0.267 e. The van der Waals surface area contributed by atoms with Gasteiger partial charge in [-0.15, -0.1) is 0 Å². The van der Waals surface area contributed by atoms with Gasteiger partial charge in [0.25, 0.3) is 11.8 Å². The van der Waals surface area contributed by atoms with Crippen molar-refractivity contribution in [2.24, 2.45) is 5.73 Å². The van der Waals surface area contributed by atoms with Crippen molar-refractivity contribution < 1.29 is 22.7 Å². The Balaban J connectivity index is 1.18. The van der Waals surface area contributed by atoms with Gasteiger partial charge < -0.3 is 15.8 Å². The third kappa shape index (κ3) is 8.35. The van der Waals surface area contributed by atoms with E-state index in [0.717, 1.165) is 55.6 Å². The number of benzene rings is 2. The Labute approximate surface area is 266 Å². The van der Waals surface area contributed by atoms with Gasteiger partial charge in [0.05, 0.1) is 28.9 Å². The van der Waals surface area contributed by atoms with Gasteiger partial charge in [-0.05, 0) is 86.3 Å². The largest absolute Gasteiger partial charge is 0.437 e. The minimum atomic E-state index is -3.42. The van der Waals surface area contributed by atoms with Crippen LogP contribution in [0, 0.1) is 6.92 Å². The molecule has 1 fully saturated rings. The molecule has 3 heterocycles. The number of amides is 2. The molecular weight excluding hydrogens is 616 g/mol. The fourth-order valence-electron chi connectivity index (χ4n) is 5.28. The molecule has 0 atom stereocenters. The molecule has 4 aromatic rings. The van der Waals surface area contributed by atoms with E-state index in [2.05, 4.69) is 24.9 Å². The number of halogens is 1. The normalized spacial score (nSPS) is 14.1. The van der Waals surface area contributed by atoms with E-state index in [-0.39, 0.29) is 22.5 Å². The summed E-state index contributed by atoms with van der Waals surface area (Å²) in [5.41, 5.74) is 9.75. The van der Waals surface area contributed by atoms with Crippen LogP contribution in [0.3, 0.4) is 0 Å².